The third-order valence-corrected chi connectivity index (χ3v) is 3.98. The first-order valence-electron chi connectivity index (χ1n) is 7.07. The van der Waals surface area contributed by atoms with E-state index >= 15 is 0 Å². The minimum absolute atomic E-state index is 0.0435. The predicted molar refractivity (Wildman–Crippen MR) is 79.5 cm³/mol. The summed E-state index contributed by atoms with van der Waals surface area (Å²) in [7, 11) is 0. The van der Waals surface area contributed by atoms with Crippen LogP contribution in [-0.2, 0) is 6.67 Å². The smallest absolute Gasteiger partial charge is 0.270 e. The van der Waals surface area contributed by atoms with E-state index in [9.17, 15) is 4.79 Å². The highest BCUT2D eigenvalue weighted by atomic mass is 16.1. The van der Waals surface area contributed by atoms with E-state index in [1.54, 1.807) is 0 Å². The van der Waals surface area contributed by atoms with Crippen molar-refractivity contribution in [3.63, 3.8) is 0 Å². The number of piperidine rings is 1. The van der Waals surface area contributed by atoms with E-state index in [-0.39, 0.29) is 5.56 Å². The Morgan fingerprint density at radius 3 is 2.85 bits per heavy atom. The number of aromatic nitrogens is 2. The Balaban J connectivity index is 1.95. The van der Waals surface area contributed by atoms with Gasteiger partial charge >= 0.3 is 0 Å². The number of hydrogen-bond acceptors (Lipinski definition) is 4. The van der Waals surface area contributed by atoms with Crippen LogP contribution >= 0.6 is 0 Å². The second kappa shape index (κ2) is 5.34. The maximum atomic E-state index is 12.1. The van der Waals surface area contributed by atoms with Crippen LogP contribution in [0.1, 0.15) is 18.4 Å². The molecule has 1 aliphatic rings. The molecule has 1 aromatic heterocycles. The molecule has 1 saturated heterocycles. The zero-order chi connectivity index (χ0) is 14.1. The van der Waals surface area contributed by atoms with E-state index < -0.39 is 0 Å². The van der Waals surface area contributed by atoms with Gasteiger partial charge in [-0.3, -0.25) is 14.3 Å². The molecule has 1 aromatic carbocycles. The highest BCUT2D eigenvalue weighted by Gasteiger charge is 2.17. The van der Waals surface area contributed by atoms with Gasteiger partial charge in [-0.1, -0.05) is 6.07 Å². The first kappa shape index (κ1) is 13.3. The monoisotopic (exact) mass is 272 g/mol. The Hall–Kier alpha value is -1.72. The summed E-state index contributed by atoms with van der Waals surface area (Å²) in [5.74, 6) is 0. The number of aryl methyl sites for hydroxylation is 1. The van der Waals surface area contributed by atoms with Gasteiger partial charge in [0, 0.05) is 19.1 Å². The fourth-order valence-corrected chi connectivity index (χ4v) is 2.71. The minimum atomic E-state index is -0.0435. The lowest BCUT2D eigenvalue weighted by atomic mass is 10.1. The van der Waals surface area contributed by atoms with Gasteiger partial charge in [0.1, 0.15) is 0 Å². The molecule has 106 valence electrons. The highest BCUT2D eigenvalue weighted by molar-refractivity contribution is 5.75. The molecule has 0 aliphatic carbocycles. The normalized spacial score (nSPS) is 17.7. The number of benzene rings is 1. The third kappa shape index (κ3) is 2.59. The maximum absolute atomic E-state index is 12.1. The van der Waals surface area contributed by atoms with Crippen molar-refractivity contribution in [1.82, 2.24) is 14.5 Å². The molecule has 2 N–H and O–H groups in total. The summed E-state index contributed by atoms with van der Waals surface area (Å²) in [6, 6.07) is 6.32. The Morgan fingerprint density at radius 2 is 2.10 bits per heavy atom. The predicted octanol–water partition coefficient (Wildman–Crippen LogP) is 1.09. The Kier molecular flexibility index (Phi) is 3.54. The van der Waals surface area contributed by atoms with Crippen molar-refractivity contribution in [1.29, 1.82) is 0 Å². The summed E-state index contributed by atoms with van der Waals surface area (Å²) in [5.41, 5.74) is 8.79. The zero-order valence-electron chi connectivity index (χ0n) is 11.7. The minimum Gasteiger partial charge on any atom is -0.328 e. The molecule has 1 aliphatic heterocycles. The van der Waals surface area contributed by atoms with Gasteiger partial charge in [0.15, 0.2) is 0 Å². The lowest BCUT2D eigenvalue weighted by Crippen LogP contribution is -2.42. The van der Waals surface area contributed by atoms with Crippen molar-refractivity contribution >= 4 is 11.0 Å². The number of fused-ring (bicyclic) bond motifs is 1. The topological polar surface area (TPSA) is 64.2 Å². The summed E-state index contributed by atoms with van der Waals surface area (Å²) in [5, 5.41) is 0. The van der Waals surface area contributed by atoms with Gasteiger partial charge in [-0.15, -0.1) is 0 Å². The van der Waals surface area contributed by atoms with Crippen molar-refractivity contribution in [2.75, 3.05) is 13.1 Å². The number of likely N-dealkylation sites (tertiary alicyclic amines) is 1. The average molecular weight is 272 g/mol. The molecule has 5 heteroatoms. The van der Waals surface area contributed by atoms with Gasteiger partial charge in [0.2, 0.25) is 0 Å². The van der Waals surface area contributed by atoms with Crippen molar-refractivity contribution < 1.29 is 0 Å². The van der Waals surface area contributed by atoms with Gasteiger partial charge < -0.3 is 5.73 Å². The van der Waals surface area contributed by atoms with Crippen molar-refractivity contribution in [2.45, 2.75) is 32.5 Å². The van der Waals surface area contributed by atoms with Crippen LogP contribution in [0.25, 0.3) is 11.0 Å². The van der Waals surface area contributed by atoms with Crippen LogP contribution < -0.4 is 11.3 Å². The third-order valence-electron chi connectivity index (χ3n) is 3.98. The van der Waals surface area contributed by atoms with E-state index in [0.29, 0.717) is 12.7 Å². The summed E-state index contributed by atoms with van der Waals surface area (Å²) in [6.07, 6.45) is 3.40. The average Bonchev–Trinajstić information content (AvgIpc) is 2.44. The quantitative estimate of drug-likeness (QED) is 0.888. The van der Waals surface area contributed by atoms with Crippen molar-refractivity contribution in [3.05, 3.63) is 40.3 Å². The van der Waals surface area contributed by atoms with Crippen molar-refractivity contribution in [2.24, 2.45) is 5.73 Å². The molecule has 0 amide bonds. The molecule has 0 saturated carbocycles. The summed E-state index contributed by atoms with van der Waals surface area (Å²) in [6.45, 7) is 4.54. The second-order valence-electron chi connectivity index (χ2n) is 5.61. The molecule has 3 rings (SSSR count). The molecular formula is C15H20N4O. The molecule has 0 unspecified atom stereocenters. The fraction of sp³-hybridized carbons (Fsp3) is 0.467. The first-order valence-corrected chi connectivity index (χ1v) is 7.07. The van der Waals surface area contributed by atoms with Crippen LogP contribution in [0.3, 0.4) is 0 Å². The molecule has 1 fully saturated rings. The molecule has 2 heterocycles. The van der Waals surface area contributed by atoms with Crippen LogP contribution in [0, 0.1) is 6.92 Å². The van der Waals surface area contributed by atoms with Gasteiger partial charge in [-0.2, -0.15) is 0 Å². The summed E-state index contributed by atoms with van der Waals surface area (Å²) < 4.78 is 1.81. The van der Waals surface area contributed by atoms with Crippen molar-refractivity contribution in [3.8, 4) is 0 Å². The lowest BCUT2D eigenvalue weighted by Gasteiger charge is -2.30. The summed E-state index contributed by atoms with van der Waals surface area (Å²) in [4.78, 5) is 18.6. The van der Waals surface area contributed by atoms with Crippen LogP contribution in [0.4, 0.5) is 0 Å². The zero-order valence-corrected chi connectivity index (χ0v) is 11.7. The van der Waals surface area contributed by atoms with Crippen LogP contribution in [0.5, 0.6) is 0 Å². The van der Waals surface area contributed by atoms with Gasteiger partial charge in [-0.05, 0) is 37.5 Å². The maximum Gasteiger partial charge on any atom is 0.270 e. The number of nitrogens with zero attached hydrogens (tertiary/aromatic N) is 3. The fourth-order valence-electron chi connectivity index (χ4n) is 2.71. The molecule has 2 aromatic rings. The van der Waals surface area contributed by atoms with E-state index in [1.807, 2.05) is 29.7 Å². The molecule has 0 spiro atoms. The Bertz CT molecular complexity index is 671. The Morgan fingerprint density at radius 1 is 1.35 bits per heavy atom. The van der Waals surface area contributed by atoms with Crippen LogP contribution in [-0.4, -0.2) is 33.6 Å². The molecule has 0 atom stereocenters. The standard InChI is InChI=1S/C15H20N4O/c1-11-2-3-13-14(8-11)19(15(20)9-17-13)10-18-6-4-12(16)5-7-18/h2-3,8-9,12H,4-7,10,16H2,1H3. The van der Waals surface area contributed by atoms with Gasteiger partial charge in [-0.25, -0.2) is 4.98 Å². The molecule has 20 heavy (non-hydrogen) atoms. The van der Waals surface area contributed by atoms with E-state index in [2.05, 4.69) is 9.88 Å². The van der Waals surface area contributed by atoms with E-state index in [1.165, 1.54) is 6.20 Å². The van der Waals surface area contributed by atoms with Gasteiger partial charge in [0.25, 0.3) is 5.56 Å². The van der Waals surface area contributed by atoms with Crippen LogP contribution in [0.2, 0.25) is 0 Å². The molecule has 5 nitrogen and oxygen atoms in total. The molecule has 0 bridgehead atoms. The molecular weight excluding hydrogens is 252 g/mol. The highest BCUT2D eigenvalue weighted by Crippen LogP contribution is 2.14. The van der Waals surface area contributed by atoms with Gasteiger partial charge in [0.05, 0.1) is 23.9 Å². The SMILES string of the molecule is Cc1ccc2ncc(=O)n(CN3CCC(N)CC3)c2c1. The number of hydrogen-bond donors (Lipinski definition) is 1. The lowest BCUT2D eigenvalue weighted by molar-refractivity contribution is 0.171. The second-order valence-corrected chi connectivity index (χ2v) is 5.61. The first-order chi connectivity index (χ1) is 9.63. The van der Waals surface area contributed by atoms with E-state index in [0.717, 1.165) is 42.5 Å². The van der Waals surface area contributed by atoms with Crippen LogP contribution in [0.15, 0.2) is 29.2 Å². The molecule has 0 radical (unpaired) electrons. The Labute approximate surface area is 118 Å². The number of nitrogens with two attached hydrogens (primary N) is 1. The number of rotatable bonds is 2. The van der Waals surface area contributed by atoms with E-state index in [4.69, 9.17) is 5.73 Å². The summed E-state index contributed by atoms with van der Waals surface area (Å²) >= 11 is 0. The largest absolute Gasteiger partial charge is 0.328 e.